The Morgan fingerprint density at radius 3 is 2.83 bits per heavy atom. The third kappa shape index (κ3) is 3.22. The minimum atomic E-state index is -0.0514. The predicted octanol–water partition coefficient (Wildman–Crippen LogP) is 2.62. The van der Waals surface area contributed by atoms with E-state index >= 15 is 0 Å². The molecular weight excluding hydrogens is 296 g/mol. The van der Waals surface area contributed by atoms with Crippen LogP contribution < -0.4 is 4.90 Å². The summed E-state index contributed by atoms with van der Waals surface area (Å²) in [7, 11) is 0. The molecule has 0 spiro atoms. The van der Waals surface area contributed by atoms with Crippen molar-refractivity contribution >= 4 is 27.6 Å². The summed E-state index contributed by atoms with van der Waals surface area (Å²) in [6.07, 6.45) is 5.33. The molecular formula is C13H17BrN2O2. The summed E-state index contributed by atoms with van der Waals surface area (Å²) in [5, 5.41) is 0. The van der Waals surface area contributed by atoms with Gasteiger partial charge in [-0.25, -0.2) is 0 Å². The lowest BCUT2D eigenvalue weighted by molar-refractivity contribution is -0.148. The van der Waals surface area contributed by atoms with Gasteiger partial charge in [-0.1, -0.05) is 0 Å². The SMILES string of the molecule is CCOC(=O)C1CCN(c2cncc(Br)c2)CC1. The second-order valence-corrected chi connectivity index (χ2v) is 5.29. The Balaban J connectivity index is 1.92. The first-order valence-electron chi connectivity index (χ1n) is 6.23. The molecule has 18 heavy (non-hydrogen) atoms. The van der Waals surface area contributed by atoms with E-state index in [1.54, 1.807) is 6.20 Å². The Hall–Kier alpha value is -1.10. The number of piperidine rings is 1. The van der Waals surface area contributed by atoms with E-state index in [0.717, 1.165) is 36.1 Å². The van der Waals surface area contributed by atoms with E-state index in [0.29, 0.717) is 6.61 Å². The van der Waals surface area contributed by atoms with Crippen LogP contribution in [0.3, 0.4) is 0 Å². The molecule has 1 aliphatic rings. The molecule has 5 heteroatoms. The number of nitrogens with zero attached hydrogens (tertiary/aromatic N) is 2. The zero-order valence-electron chi connectivity index (χ0n) is 10.4. The van der Waals surface area contributed by atoms with Crippen molar-refractivity contribution in [3.05, 3.63) is 22.9 Å². The van der Waals surface area contributed by atoms with E-state index in [4.69, 9.17) is 4.74 Å². The van der Waals surface area contributed by atoms with Crippen molar-refractivity contribution in [1.29, 1.82) is 0 Å². The molecule has 0 radical (unpaired) electrons. The summed E-state index contributed by atoms with van der Waals surface area (Å²) in [5.41, 5.74) is 1.10. The summed E-state index contributed by atoms with van der Waals surface area (Å²) in [4.78, 5) is 18.1. The lowest BCUT2D eigenvalue weighted by Gasteiger charge is -2.32. The number of aromatic nitrogens is 1. The van der Waals surface area contributed by atoms with Crippen molar-refractivity contribution in [2.24, 2.45) is 5.92 Å². The Morgan fingerprint density at radius 2 is 2.22 bits per heavy atom. The van der Waals surface area contributed by atoms with Crippen molar-refractivity contribution in [3.63, 3.8) is 0 Å². The van der Waals surface area contributed by atoms with Crippen LogP contribution in [0.2, 0.25) is 0 Å². The number of halogens is 1. The first-order valence-corrected chi connectivity index (χ1v) is 7.02. The zero-order valence-corrected chi connectivity index (χ0v) is 12.0. The monoisotopic (exact) mass is 312 g/mol. The summed E-state index contributed by atoms with van der Waals surface area (Å²) in [5.74, 6) is 0.00540. The molecule has 0 aromatic carbocycles. The standard InChI is InChI=1S/C13H17BrN2O2/c1-2-18-13(17)10-3-5-16(6-4-10)12-7-11(14)8-15-9-12/h7-10H,2-6H2,1H3. The molecule has 0 atom stereocenters. The van der Waals surface area contributed by atoms with Gasteiger partial charge in [-0.2, -0.15) is 0 Å². The Kier molecular flexibility index (Phi) is 4.58. The molecule has 1 aromatic rings. The molecule has 1 fully saturated rings. The number of carbonyl (C=O) groups is 1. The number of hydrogen-bond acceptors (Lipinski definition) is 4. The van der Waals surface area contributed by atoms with Gasteiger partial charge in [0.1, 0.15) is 0 Å². The van der Waals surface area contributed by atoms with Gasteiger partial charge in [0, 0.05) is 23.8 Å². The van der Waals surface area contributed by atoms with Crippen molar-refractivity contribution in [2.75, 3.05) is 24.6 Å². The lowest BCUT2D eigenvalue weighted by Crippen LogP contribution is -2.37. The third-order valence-electron chi connectivity index (χ3n) is 3.17. The van der Waals surface area contributed by atoms with Gasteiger partial charge in [-0.05, 0) is 41.8 Å². The maximum absolute atomic E-state index is 11.6. The second-order valence-electron chi connectivity index (χ2n) is 4.37. The van der Waals surface area contributed by atoms with Crippen LogP contribution in [-0.4, -0.2) is 30.6 Å². The number of rotatable bonds is 3. The molecule has 98 valence electrons. The minimum Gasteiger partial charge on any atom is -0.466 e. The Labute approximate surface area is 115 Å². The maximum Gasteiger partial charge on any atom is 0.309 e. The van der Waals surface area contributed by atoms with Crippen LogP contribution in [0.5, 0.6) is 0 Å². The first kappa shape index (κ1) is 13.3. The average molecular weight is 313 g/mol. The van der Waals surface area contributed by atoms with Gasteiger partial charge in [0.15, 0.2) is 0 Å². The fourth-order valence-electron chi connectivity index (χ4n) is 2.21. The van der Waals surface area contributed by atoms with Gasteiger partial charge in [0.05, 0.1) is 24.4 Å². The van der Waals surface area contributed by atoms with Gasteiger partial charge in [0.25, 0.3) is 0 Å². The van der Waals surface area contributed by atoms with Crippen LogP contribution in [0.4, 0.5) is 5.69 Å². The van der Waals surface area contributed by atoms with Crippen molar-refractivity contribution in [3.8, 4) is 0 Å². The number of ether oxygens (including phenoxy) is 1. The van der Waals surface area contributed by atoms with E-state index in [1.165, 1.54) is 0 Å². The van der Waals surface area contributed by atoms with E-state index in [1.807, 2.05) is 13.1 Å². The fourth-order valence-corrected chi connectivity index (χ4v) is 2.56. The molecule has 0 unspecified atom stereocenters. The number of anilines is 1. The fraction of sp³-hybridized carbons (Fsp3) is 0.538. The smallest absolute Gasteiger partial charge is 0.309 e. The van der Waals surface area contributed by atoms with E-state index in [2.05, 4.69) is 31.9 Å². The van der Waals surface area contributed by atoms with Gasteiger partial charge < -0.3 is 9.64 Å². The number of hydrogen-bond donors (Lipinski definition) is 0. The lowest BCUT2D eigenvalue weighted by atomic mass is 9.97. The van der Waals surface area contributed by atoms with Crippen LogP contribution in [0.1, 0.15) is 19.8 Å². The summed E-state index contributed by atoms with van der Waals surface area (Å²) in [6.45, 7) is 4.07. The predicted molar refractivity (Wildman–Crippen MR) is 73.5 cm³/mol. The number of carbonyl (C=O) groups excluding carboxylic acids is 1. The molecule has 0 saturated carbocycles. The van der Waals surface area contributed by atoms with Crippen LogP contribution in [0.25, 0.3) is 0 Å². The second kappa shape index (κ2) is 6.18. The molecule has 2 rings (SSSR count). The number of pyridine rings is 1. The molecule has 0 aliphatic carbocycles. The summed E-state index contributed by atoms with van der Waals surface area (Å²) in [6, 6.07) is 2.05. The molecule has 1 saturated heterocycles. The highest BCUT2D eigenvalue weighted by atomic mass is 79.9. The third-order valence-corrected chi connectivity index (χ3v) is 3.60. The average Bonchev–Trinajstić information content (AvgIpc) is 2.39. The van der Waals surface area contributed by atoms with Crippen molar-refractivity contribution in [2.45, 2.75) is 19.8 Å². The van der Waals surface area contributed by atoms with E-state index in [-0.39, 0.29) is 11.9 Å². The van der Waals surface area contributed by atoms with Gasteiger partial charge in [0.2, 0.25) is 0 Å². The minimum absolute atomic E-state index is 0.0514. The largest absolute Gasteiger partial charge is 0.466 e. The Morgan fingerprint density at radius 1 is 1.50 bits per heavy atom. The van der Waals surface area contributed by atoms with E-state index < -0.39 is 0 Å². The molecule has 0 N–H and O–H groups in total. The molecule has 1 aliphatic heterocycles. The molecule has 2 heterocycles. The van der Waals surface area contributed by atoms with Crippen LogP contribution in [0.15, 0.2) is 22.9 Å². The van der Waals surface area contributed by atoms with Gasteiger partial charge in [-0.15, -0.1) is 0 Å². The van der Waals surface area contributed by atoms with Crippen LogP contribution in [-0.2, 0) is 9.53 Å². The molecule has 4 nitrogen and oxygen atoms in total. The van der Waals surface area contributed by atoms with Gasteiger partial charge in [-0.3, -0.25) is 9.78 Å². The van der Waals surface area contributed by atoms with E-state index in [9.17, 15) is 4.79 Å². The number of esters is 1. The quantitative estimate of drug-likeness (QED) is 0.805. The topological polar surface area (TPSA) is 42.4 Å². The van der Waals surface area contributed by atoms with Crippen LogP contribution in [0, 0.1) is 5.92 Å². The highest BCUT2D eigenvalue weighted by Crippen LogP contribution is 2.25. The zero-order chi connectivity index (χ0) is 13.0. The molecule has 0 bridgehead atoms. The highest BCUT2D eigenvalue weighted by molar-refractivity contribution is 9.10. The normalized spacial score (nSPS) is 16.7. The van der Waals surface area contributed by atoms with Crippen molar-refractivity contribution in [1.82, 2.24) is 4.98 Å². The maximum atomic E-state index is 11.6. The molecule has 1 aromatic heterocycles. The van der Waals surface area contributed by atoms with Gasteiger partial charge >= 0.3 is 5.97 Å². The van der Waals surface area contributed by atoms with Crippen molar-refractivity contribution < 1.29 is 9.53 Å². The van der Waals surface area contributed by atoms with Crippen LogP contribution >= 0.6 is 15.9 Å². The highest BCUT2D eigenvalue weighted by Gasteiger charge is 2.26. The Bertz CT molecular complexity index is 417. The summed E-state index contributed by atoms with van der Waals surface area (Å²) < 4.78 is 6.04. The molecule has 0 amide bonds. The summed E-state index contributed by atoms with van der Waals surface area (Å²) >= 11 is 3.42. The first-order chi connectivity index (χ1) is 8.70.